The van der Waals surface area contributed by atoms with Gasteiger partial charge in [0.2, 0.25) is 0 Å². The van der Waals surface area contributed by atoms with Crippen LogP contribution >= 0.6 is 0 Å². The summed E-state index contributed by atoms with van der Waals surface area (Å²) in [5.41, 5.74) is 4.91. The molecule has 1 fully saturated rings. The molecule has 1 aromatic heterocycles. The summed E-state index contributed by atoms with van der Waals surface area (Å²) in [6.45, 7) is 12.4. The second kappa shape index (κ2) is 9.67. The molecular formula is C24H31N5O. The lowest BCUT2D eigenvalue weighted by atomic mass is 10.1. The average Bonchev–Trinajstić information content (AvgIpc) is 2.73. The summed E-state index contributed by atoms with van der Waals surface area (Å²) in [6.07, 6.45) is 5.62. The molecule has 0 saturated carbocycles. The Balaban J connectivity index is 1.72. The Morgan fingerprint density at radius 2 is 1.70 bits per heavy atom. The van der Waals surface area contributed by atoms with Crippen LogP contribution in [0, 0.1) is 0 Å². The molecule has 3 rings (SSSR count). The monoisotopic (exact) mass is 405 g/mol. The number of piperazine rings is 1. The molecule has 30 heavy (non-hydrogen) atoms. The second-order valence-electron chi connectivity index (χ2n) is 8.02. The summed E-state index contributed by atoms with van der Waals surface area (Å²) in [4.78, 5) is 27.6. The highest BCUT2D eigenvalue weighted by molar-refractivity contribution is 5.94. The van der Waals surface area contributed by atoms with Gasteiger partial charge in [-0.3, -0.25) is 14.7 Å². The van der Waals surface area contributed by atoms with Gasteiger partial charge in [0, 0.05) is 76.5 Å². The first-order chi connectivity index (χ1) is 14.3. The number of Topliss-reactive ketones (excluding diaryl/α,β-unsaturated/α-hetero) is 1. The van der Waals surface area contributed by atoms with Gasteiger partial charge in [0.15, 0.2) is 11.6 Å². The molecule has 1 aromatic carbocycles. The summed E-state index contributed by atoms with van der Waals surface area (Å²) < 4.78 is 0. The minimum absolute atomic E-state index is 0.0643. The van der Waals surface area contributed by atoms with E-state index in [9.17, 15) is 4.79 Å². The molecule has 158 valence electrons. The SMILES string of the molecule is C=C(C)/C(=C\N(C)C)CN1CCN(c2nccnc2-c2ccc(C(C)=O)cc2)CC1. The fraction of sp³-hybridized carbons (Fsp3) is 0.375. The van der Waals surface area contributed by atoms with E-state index in [4.69, 9.17) is 0 Å². The Bertz CT molecular complexity index is 925. The maximum atomic E-state index is 11.6. The largest absolute Gasteiger partial charge is 0.383 e. The molecule has 6 heteroatoms. The zero-order chi connectivity index (χ0) is 21.7. The van der Waals surface area contributed by atoms with Gasteiger partial charge in [0.05, 0.1) is 0 Å². The van der Waals surface area contributed by atoms with Crippen LogP contribution in [0.1, 0.15) is 24.2 Å². The molecule has 0 aliphatic carbocycles. The van der Waals surface area contributed by atoms with Crippen molar-refractivity contribution in [2.75, 3.05) is 51.7 Å². The number of rotatable bonds is 7. The molecule has 0 spiro atoms. The van der Waals surface area contributed by atoms with Gasteiger partial charge in [-0.1, -0.05) is 36.4 Å². The molecule has 0 amide bonds. The van der Waals surface area contributed by atoms with Crippen LogP contribution in [0.2, 0.25) is 0 Å². The van der Waals surface area contributed by atoms with Gasteiger partial charge in [-0.15, -0.1) is 0 Å². The summed E-state index contributed by atoms with van der Waals surface area (Å²) >= 11 is 0. The summed E-state index contributed by atoms with van der Waals surface area (Å²) in [6, 6.07) is 7.60. The lowest BCUT2D eigenvalue weighted by Crippen LogP contribution is -2.47. The van der Waals surface area contributed by atoms with E-state index in [0.29, 0.717) is 5.56 Å². The lowest BCUT2D eigenvalue weighted by molar-refractivity contribution is 0.101. The fourth-order valence-electron chi connectivity index (χ4n) is 3.58. The molecule has 0 atom stereocenters. The number of aromatic nitrogens is 2. The minimum atomic E-state index is 0.0643. The van der Waals surface area contributed by atoms with Gasteiger partial charge >= 0.3 is 0 Å². The third kappa shape index (κ3) is 5.33. The van der Waals surface area contributed by atoms with Crippen molar-refractivity contribution in [1.29, 1.82) is 0 Å². The number of nitrogens with zero attached hydrogens (tertiary/aromatic N) is 5. The predicted octanol–water partition coefficient (Wildman–Crippen LogP) is 3.49. The van der Waals surface area contributed by atoms with Crippen LogP contribution in [-0.2, 0) is 0 Å². The van der Waals surface area contributed by atoms with Crippen molar-refractivity contribution in [2.24, 2.45) is 0 Å². The van der Waals surface area contributed by atoms with Crippen LogP contribution in [0.25, 0.3) is 11.3 Å². The molecule has 0 radical (unpaired) electrons. The molecule has 1 aliphatic rings. The Morgan fingerprint density at radius 3 is 2.27 bits per heavy atom. The predicted molar refractivity (Wildman–Crippen MR) is 123 cm³/mol. The second-order valence-corrected chi connectivity index (χ2v) is 8.02. The van der Waals surface area contributed by atoms with E-state index in [1.165, 1.54) is 5.57 Å². The van der Waals surface area contributed by atoms with E-state index < -0.39 is 0 Å². The zero-order valence-corrected chi connectivity index (χ0v) is 18.4. The maximum Gasteiger partial charge on any atom is 0.159 e. The Hall–Kier alpha value is -2.99. The van der Waals surface area contributed by atoms with Crippen molar-refractivity contribution in [3.63, 3.8) is 0 Å². The van der Waals surface area contributed by atoms with Crippen molar-refractivity contribution < 1.29 is 4.79 Å². The van der Waals surface area contributed by atoms with Crippen LogP contribution in [0.5, 0.6) is 0 Å². The van der Waals surface area contributed by atoms with Crippen molar-refractivity contribution >= 4 is 11.6 Å². The Morgan fingerprint density at radius 1 is 1.07 bits per heavy atom. The number of ketones is 1. The molecule has 6 nitrogen and oxygen atoms in total. The third-order valence-electron chi connectivity index (χ3n) is 5.27. The molecule has 1 aliphatic heterocycles. The van der Waals surface area contributed by atoms with Gasteiger partial charge < -0.3 is 9.80 Å². The van der Waals surface area contributed by atoms with Crippen molar-refractivity contribution in [3.05, 3.63) is 66.1 Å². The fourth-order valence-corrected chi connectivity index (χ4v) is 3.58. The number of carbonyl (C=O) groups excluding carboxylic acids is 1. The quantitative estimate of drug-likeness (QED) is 0.519. The lowest BCUT2D eigenvalue weighted by Gasteiger charge is -2.36. The number of hydrogen-bond acceptors (Lipinski definition) is 6. The van der Waals surface area contributed by atoms with Crippen LogP contribution < -0.4 is 4.90 Å². The molecule has 0 bridgehead atoms. The van der Waals surface area contributed by atoms with Crippen LogP contribution in [0.15, 0.2) is 60.6 Å². The average molecular weight is 406 g/mol. The van der Waals surface area contributed by atoms with E-state index in [-0.39, 0.29) is 5.78 Å². The molecule has 0 N–H and O–H groups in total. The highest BCUT2D eigenvalue weighted by atomic mass is 16.1. The van der Waals surface area contributed by atoms with Gasteiger partial charge in [-0.05, 0) is 19.4 Å². The molecule has 0 unspecified atom stereocenters. The first-order valence-electron chi connectivity index (χ1n) is 10.3. The molecule has 2 aromatic rings. The van der Waals surface area contributed by atoms with Crippen LogP contribution in [0.3, 0.4) is 0 Å². The van der Waals surface area contributed by atoms with E-state index in [1.54, 1.807) is 19.3 Å². The zero-order valence-electron chi connectivity index (χ0n) is 18.4. The van der Waals surface area contributed by atoms with Crippen LogP contribution in [-0.4, -0.2) is 72.4 Å². The topological polar surface area (TPSA) is 52.6 Å². The van der Waals surface area contributed by atoms with Crippen LogP contribution in [0.4, 0.5) is 5.82 Å². The number of carbonyl (C=O) groups is 1. The van der Waals surface area contributed by atoms with E-state index in [2.05, 4.69) is 44.4 Å². The maximum absolute atomic E-state index is 11.6. The smallest absolute Gasteiger partial charge is 0.159 e. The van der Waals surface area contributed by atoms with E-state index in [0.717, 1.165) is 55.4 Å². The van der Waals surface area contributed by atoms with Crippen molar-refractivity contribution in [1.82, 2.24) is 19.8 Å². The summed E-state index contributed by atoms with van der Waals surface area (Å²) in [5.74, 6) is 0.964. The van der Waals surface area contributed by atoms with E-state index >= 15 is 0 Å². The Labute approximate surface area is 179 Å². The Kier molecular flexibility index (Phi) is 7.00. The highest BCUT2D eigenvalue weighted by Crippen LogP contribution is 2.28. The minimum Gasteiger partial charge on any atom is -0.383 e. The molecule has 1 saturated heterocycles. The number of benzene rings is 1. The number of anilines is 1. The van der Waals surface area contributed by atoms with E-state index in [1.807, 2.05) is 38.4 Å². The first kappa shape index (κ1) is 21.7. The highest BCUT2D eigenvalue weighted by Gasteiger charge is 2.22. The molecular weight excluding hydrogens is 374 g/mol. The van der Waals surface area contributed by atoms with Gasteiger partial charge in [-0.25, -0.2) is 4.98 Å². The standard InChI is InChI=1S/C24H31N5O/c1-18(2)22(16-27(4)5)17-28-12-14-29(15-13-28)24-23(25-10-11-26-24)21-8-6-20(7-9-21)19(3)30/h6-11,16H,1,12-15,17H2,2-5H3/b22-16-. The molecule has 2 heterocycles. The van der Waals surface area contributed by atoms with Gasteiger partial charge in [0.1, 0.15) is 5.69 Å². The normalized spacial score (nSPS) is 15.2. The third-order valence-corrected chi connectivity index (χ3v) is 5.27. The summed E-state index contributed by atoms with van der Waals surface area (Å²) in [5, 5.41) is 0. The summed E-state index contributed by atoms with van der Waals surface area (Å²) in [7, 11) is 4.08. The first-order valence-corrected chi connectivity index (χ1v) is 10.3. The van der Waals surface area contributed by atoms with Crippen molar-refractivity contribution in [3.8, 4) is 11.3 Å². The number of hydrogen-bond donors (Lipinski definition) is 0. The van der Waals surface area contributed by atoms with Gasteiger partial charge in [0.25, 0.3) is 0 Å². The van der Waals surface area contributed by atoms with Crippen molar-refractivity contribution in [2.45, 2.75) is 13.8 Å². The van der Waals surface area contributed by atoms with Gasteiger partial charge in [-0.2, -0.15) is 0 Å².